The van der Waals surface area contributed by atoms with E-state index in [1.807, 2.05) is 0 Å². The Morgan fingerprint density at radius 1 is 1.26 bits per heavy atom. The van der Waals surface area contributed by atoms with E-state index in [1.165, 1.54) is 16.7 Å². The molecule has 1 saturated heterocycles. The third-order valence-corrected chi connectivity index (χ3v) is 4.21. The summed E-state index contributed by atoms with van der Waals surface area (Å²) >= 11 is 6.38. The van der Waals surface area contributed by atoms with Crippen LogP contribution in [-0.2, 0) is 11.2 Å². The van der Waals surface area contributed by atoms with Crippen LogP contribution in [0.5, 0.6) is 0 Å². The van der Waals surface area contributed by atoms with Crippen molar-refractivity contribution in [3.63, 3.8) is 0 Å². The van der Waals surface area contributed by atoms with E-state index in [0.29, 0.717) is 5.92 Å². The molecule has 1 aromatic rings. The van der Waals surface area contributed by atoms with Crippen molar-refractivity contribution in [1.29, 1.82) is 0 Å². The van der Waals surface area contributed by atoms with Crippen LogP contribution in [0.1, 0.15) is 36.5 Å². The zero-order valence-electron chi connectivity index (χ0n) is 12.2. The van der Waals surface area contributed by atoms with E-state index in [4.69, 9.17) is 16.3 Å². The highest BCUT2D eigenvalue weighted by Crippen LogP contribution is 2.27. The lowest BCUT2D eigenvalue weighted by molar-refractivity contribution is 0.0384. The summed E-state index contributed by atoms with van der Waals surface area (Å²) < 4.78 is 5.37. The number of benzene rings is 1. The molecule has 0 aromatic heterocycles. The van der Waals surface area contributed by atoms with Gasteiger partial charge in [-0.1, -0.05) is 31.5 Å². The number of morpholine rings is 1. The molecular formula is C16H24ClNO. The Hall–Kier alpha value is -0.570. The average Bonchev–Trinajstić information content (AvgIpc) is 2.40. The second-order valence-electron chi connectivity index (χ2n) is 5.66. The molecular weight excluding hydrogens is 258 g/mol. The third-order valence-electron chi connectivity index (χ3n) is 3.88. The molecule has 1 aromatic carbocycles. The molecule has 2 rings (SSSR count). The smallest absolute Gasteiger partial charge is 0.0594 e. The molecule has 1 heterocycles. The minimum atomic E-state index is 0.486. The lowest BCUT2D eigenvalue weighted by atomic mass is 9.96. The van der Waals surface area contributed by atoms with Gasteiger partial charge in [-0.15, -0.1) is 0 Å². The molecule has 2 nitrogen and oxygen atoms in total. The minimum Gasteiger partial charge on any atom is -0.379 e. The van der Waals surface area contributed by atoms with E-state index in [9.17, 15) is 0 Å². The van der Waals surface area contributed by atoms with Gasteiger partial charge >= 0.3 is 0 Å². The van der Waals surface area contributed by atoms with Crippen molar-refractivity contribution >= 4 is 11.6 Å². The molecule has 0 spiro atoms. The summed E-state index contributed by atoms with van der Waals surface area (Å²) in [6.45, 7) is 11.5. The van der Waals surface area contributed by atoms with E-state index in [1.54, 1.807) is 0 Å². The van der Waals surface area contributed by atoms with Crippen LogP contribution < -0.4 is 0 Å². The fourth-order valence-corrected chi connectivity index (χ4v) is 2.96. The second kappa shape index (κ2) is 6.74. The van der Waals surface area contributed by atoms with Crippen LogP contribution in [0.15, 0.2) is 12.1 Å². The maximum Gasteiger partial charge on any atom is 0.0594 e. The number of nitrogens with zero attached hydrogens (tertiary/aromatic N) is 1. The van der Waals surface area contributed by atoms with Crippen molar-refractivity contribution < 1.29 is 4.74 Å². The van der Waals surface area contributed by atoms with Crippen LogP contribution >= 0.6 is 11.6 Å². The number of halogens is 1. The van der Waals surface area contributed by atoms with Crippen molar-refractivity contribution in [2.45, 2.75) is 33.1 Å². The van der Waals surface area contributed by atoms with Crippen molar-refractivity contribution in [2.24, 2.45) is 0 Å². The van der Waals surface area contributed by atoms with Crippen LogP contribution in [0, 0.1) is 6.92 Å². The van der Waals surface area contributed by atoms with Gasteiger partial charge in [-0.3, -0.25) is 4.90 Å². The first kappa shape index (κ1) is 14.8. The van der Waals surface area contributed by atoms with Gasteiger partial charge in [-0.05, 0) is 42.0 Å². The van der Waals surface area contributed by atoms with Gasteiger partial charge in [-0.2, -0.15) is 0 Å². The summed E-state index contributed by atoms with van der Waals surface area (Å²) in [5.41, 5.74) is 4.00. The van der Waals surface area contributed by atoms with Crippen LogP contribution in [0.3, 0.4) is 0 Å². The summed E-state index contributed by atoms with van der Waals surface area (Å²) in [5, 5.41) is 0.914. The third kappa shape index (κ3) is 3.95. The molecule has 1 aliphatic rings. The van der Waals surface area contributed by atoms with Crippen molar-refractivity contribution in [2.75, 3.05) is 32.8 Å². The van der Waals surface area contributed by atoms with Gasteiger partial charge in [0, 0.05) is 24.7 Å². The predicted octanol–water partition coefficient (Wildman–Crippen LogP) is 3.65. The molecule has 0 unspecified atom stereocenters. The highest BCUT2D eigenvalue weighted by Gasteiger charge is 2.12. The molecule has 0 aliphatic carbocycles. The second-order valence-corrected chi connectivity index (χ2v) is 6.07. The molecule has 0 radical (unpaired) electrons. The Kier molecular flexibility index (Phi) is 5.26. The maximum absolute atomic E-state index is 6.38. The van der Waals surface area contributed by atoms with Gasteiger partial charge in [0.15, 0.2) is 0 Å². The number of aryl methyl sites for hydroxylation is 1. The largest absolute Gasteiger partial charge is 0.379 e. The summed E-state index contributed by atoms with van der Waals surface area (Å²) in [4.78, 5) is 2.47. The number of ether oxygens (including phenoxy) is 1. The average molecular weight is 282 g/mol. The molecule has 0 bridgehead atoms. The summed E-state index contributed by atoms with van der Waals surface area (Å²) in [5.74, 6) is 0.486. The van der Waals surface area contributed by atoms with E-state index >= 15 is 0 Å². The number of hydrogen-bond donors (Lipinski definition) is 0. The van der Waals surface area contributed by atoms with Crippen LogP contribution in [-0.4, -0.2) is 37.7 Å². The van der Waals surface area contributed by atoms with Gasteiger partial charge in [-0.25, -0.2) is 0 Å². The maximum atomic E-state index is 6.38. The zero-order valence-corrected chi connectivity index (χ0v) is 13.0. The minimum absolute atomic E-state index is 0.486. The summed E-state index contributed by atoms with van der Waals surface area (Å²) in [6, 6.07) is 4.41. The molecule has 19 heavy (non-hydrogen) atoms. The Balaban J connectivity index is 2.02. The molecule has 0 atom stereocenters. The highest BCUT2D eigenvalue weighted by molar-refractivity contribution is 6.31. The van der Waals surface area contributed by atoms with Gasteiger partial charge < -0.3 is 4.74 Å². The summed E-state index contributed by atoms with van der Waals surface area (Å²) in [7, 11) is 0. The Morgan fingerprint density at radius 2 is 1.95 bits per heavy atom. The molecule has 1 aliphatic heterocycles. The lowest BCUT2D eigenvalue weighted by Gasteiger charge is -2.26. The van der Waals surface area contributed by atoms with Crippen molar-refractivity contribution in [3.8, 4) is 0 Å². The van der Waals surface area contributed by atoms with E-state index in [0.717, 1.165) is 44.3 Å². The van der Waals surface area contributed by atoms with Crippen LogP contribution in [0.2, 0.25) is 5.02 Å². The first-order chi connectivity index (χ1) is 9.08. The lowest BCUT2D eigenvalue weighted by Crippen LogP contribution is -2.37. The highest BCUT2D eigenvalue weighted by atomic mass is 35.5. The normalized spacial score (nSPS) is 17.1. The van der Waals surface area contributed by atoms with Gasteiger partial charge in [0.1, 0.15) is 0 Å². The van der Waals surface area contributed by atoms with E-state index in [2.05, 4.69) is 37.8 Å². The number of hydrogen-bond acceptors (Lipinski definition) is 2. The first-order valence-electron chi connectivity index (χ1n) is 7.17. The Labute approximate surface area is 121 Å². The molecule has 3 heteroatoms. The fourth-order valence-electron chi connectivity index (χ4n) is 2.56. The molecule has 1 fully saturated rings. The van der Waals surface area contributed by atoms with Crippen molar-refractivity contribution in [1.82, 2.24) is 4.90 Å². The van der Waals surface area contributed by atoms with E-state index < -0.39 is 0 Å². The van der Waals surface area contributed by atoms with Crippen molar-refractivity contribution in [3.05, 3.63) is 33.8 Å². The topological polar surface area (TPSA) is 12.5 Å². The first-order valence-corrected chi connectivity index (χ1v) is 7.54. The van der Waals surface area contributed by atoms with Crippen LogP contribution in [0.25, 0.3) is 0 Å². The van der Waals surface area contributed by atoms with Gasteiger partial charge in [0.2, 0.25) is 0 Å². The Bertz CT molecular complexity index is 425. The predicted molar refractivity (Wildman–Crippen MR) is 81.2 cm³/mol. The van der Waals surface area contributed by atoms with Gasteiger partial charge in [0.05, 0.1) is 13.2 Å². The SMILES string of the molecule is Cc1cc(C(C)C)c(Cl)cc1CCN1CCOCC1. The van der Waals surface area contributed by atoms with Gasteiger partial charge in [0.25, 0.3) is 0 Å². The molecule has 106 valence electrons. The zero-order chi connectivity index (χ0) is 13.8. The van der Waals surface area contributed by atoms with E-state index in [-0.39, 0.29) is 0 Å². The monoisotopic (exact) mass is 281 g/mol. The number of rotatable bonds is 4. The molecule has 0 N–H and O–H groups in total. The Morgan fingerprint density at radius 3 is 2.58 bits per heavy atom. The molecule has 0 saturated carbocycles. The fraction of sp³-hybridized carbons (Fsp3) is 0.625. The summed E-state index contributed by atoms with van der Waals surface area (Å²) in [6.07, 6.45) is 1.07. The molecule has 0 amide bonds. The van der Waals surface area contributed by atoms with Crippen LogP contribution in [0.4, 0.5) is 0 Å². The standard InChI is InChI=1S/C16H24ClNO/c1-12(2)15-10-13(3)14(11-16(15)17)4-5-18-6-8-19-9-7-18/h10-12H,4-9H2,1-3H3. The quantitative estimate of drug-likeness (QED) is 0.835.